The van der Waals surface area contributed by atoms with Gasteiger partial charge in [-0.05, 0) is 19.1 Å². The van der Waals surface area contributed by atoms with Crippen LogP contribution in [0.3, 0.4) is 0 Å². The molecule has 0 radical (unpaired) electrons. The van der Waals surface area contributed by atoms with Gasteiger partial charge in [0, 0.05) is 18.7 Å². The van der Waals surface area contributed by atoms with E-state index in [0.717, 1.165) is 19.7 Å². The first-order valence-corrected chi connectivity index (χ1v) is 5.82. The van der Waals surface area contributed by atoms with Crippen LogP contribution in [0.25, 0.3) is 0 Å². The Morgan fingerprint density at radius 3 is 3.18 bits per heavy atom. The highest BCUT2D eigenvalue weighted by Gasteiger charge is 2.13. The van der Waals surface area contributed by atoms with Crippen molar-refractivity contribution in [2.75, 3.05) is 26.3 Å². The maximum atomic E-state index is 11.2. The van der Waals surface area contributed by atoms with E-state index in [1.165, 1.54) is 0 Å². The Balaban J connectivity index is 1.89. The predicted molar refractivity (Wildman–Crippen MR) is 64.6 cm³/mol. The molecule has 1 saturated heterocycles. The Labute approximate surface area is 101 Å². The van der Waals surface area contributed by atoms with E-state index >= 15 is 0 Å². The van der Waals surface area contributed by atoms with E-state index < -0.39 is 0 Å². The molecule has 1 aromatic rings. The van der Waals surface area contributed by atoms with Gasteiger partial charge in [0.25, 0.3) is 0 Å². The topological polar surface area (TPSA) is 47.6 Å². The van der Waals surface area contributed by atoms with Gasteiger partial charge >= 0.3 is 0 Å². The third-order valence-corrected chi connectivity index (χ3v) is 2.68. The second kappa shape index (κ2) is 5.80. The summed E-state index contributed by atoms with van der Waals surface area (Å²) in [4.78, 5) is 11.2. The molecule has 1 heterocycles. The summed E-state index contributed by atoms with van der Waals surface area (Å²) in [6.07, 6.45) is 0.0877. The van der Waals surface area contributed by atoms with Crippen LogP contribution in [0, 0.1) is 0 Å². The van der Waals surface area contributed by atoms with Crippen LogP contribution in [-0.2, 0) is 4.74 Å². The third kappa shape index (κ3) is 3.54. The average molecular weight is 235 g/mol. The molecule has 1 aromatic carbocycles. The van der Waals surface area contributed by atoms with Gasteiger partial charge < -0.3 is 14.8 Å². The molecule has 1 unspecified atom stereocenters. The van der Waals surface area contributed by atoms with Crippen LogP contribution in [0.15, 0.2) is 24.3 Å². The summed E-state index contributed by atoms with van der Waals surface area (Å²) < 4.78 is 11.1. The number of hydrogen-bond acceptors (Lipinski definition) is 4. The first-order chi connectivity index (χ1) is 8.25. The SMILES string of the molecule is CC(=O)c1cccc(OCC2CNCCO2)c1. The lowest BCUT2D eigenvalue weighted by molar-refractivity contribution is 0.000188. The van der Waals surface area contributed by atoms with Crippen LogP contribution in [-0.4, -0.2) is 38.2 Å². The second-order valence-electron chi connectivity index (χ2n) is 4.09. The molecular formula is C13H17NO3. The van der Waals surface area contributed by atoms with Gasteiger partial charge in [0.15, 0.2) is 5.78 Å². The smallest absolute Gasteiger partial charge is 0.159 e. The Morgan fingerprint density at radius 1 is 1.59 bits per heavy atom. The van der Waals surface area contributed by atoms with Gasteiger partial charge in [-0.25, -0.2) is 0 Å². The van der Waals surface area contributed by atoms with Gasteiger partial charge in [0.1, 0.15) is 18.5 Å². The Hall–Kier alpha value is -1.39. The summed E-state index contributed by atoms with van der Waals surface area (Å²) in [6, 6.07) is 7.22. The molecule has 0 aromatic heterocycles. The molecular weight excluding hydrogens is 218 g/mol. The highest BCUT2D eigenvalue weighted by Crippen LogP contribution is 2.14. The number of ketones is 1. The second-order valence-corrected chi connectivity index (χ2v) is 4.09. The van der Waals surface area contributed by atoms with Gasteiger partial charge in [-0.3, -0.25) is 4.79 Å². The van der Waals surface area contributed by atoms with Crippen molar-refractivity contribution in [3.8, 4) is 5.75 Å². The number of morpholine rings is 1. The van der Waals surface area contributed by atoms with Crippen LogP contribution in [0.2, 0.25) is 0 Å². The standard InChI is InChI=1S/C13H17NO3/c1-10(15)11-3-2-4-12(7-11)17-9-13-8-14-5-6-16-13/h2-4,7,13-14H,5-6,8-9H2,1H3. The summed E-state index contributed by atoms with van der Waals surface area (Å²) in [5.74, 6) is 0.762. The molecule has 0 bridgehead atoms. The average Bonchev–Trinajstić information content (AvgIpc) is 2.38. The normalized spacial score (nSPS) is 19.9. The number of Topliss-reactive ketones (excluding diaryl/α,β-unsaturated/α-hetero) is 1. The third-order valence-electron chi connectivity index (χ3n) is 2.68. The molecule has 1 fully saturated rings. The molecule has 0 amide bonds. The maximum absolute atomic E-state index is 11.2. The first-order valence-electron chi connectivity index (χ1n) is 5.82. The molecule has 0 spiro atoms. The highest BCUT2D eigenvalue weighted by atomic mass is 16.5. The van der Waals surface area contributed by atoms with Crippen molar-refractivity contribution < 1.29 is 14.3 Å². The van der Waals surface area contributed by atoms with Crippen LogP contribution >= 0.6 is 0 Å². The van der Waals surface area contributed by atoms with Gasteiger partial charge in [-0.1, -0.05) is 12.1 Å². The molecule has 1 aliphatic rings. The molecule has 0 aliphatic carbocycles. The van der Waals surface area contributed by atoms with Crippen molar-refractivity contribution >= 4 is 5.78 Å². The van der Waals surface area contributed by atoms with Crippen LogP contribution in [0.4, 0.5) is 0 Å². The van der Waals surface area contributed by atoms with Gasteiger partial charge in [-0.15, -0.1) is 0 Å². The molecule has 1 atom stereocenters. The minimum Gasteiger partial charge on any atom is -0.491 e. The minimum atomic E-state index is 0.0473. The Bertz CT molecular complexity index is 386. The number of carbonyl (C=O) groups excluding carboxylic acids is 1. The van der Waals surface area contributed by atoms with E-state index in [9.17, 15) is 4.79 Å². The van der Waals surface area contributed by atoms with E-state index in [1.807, 2.05) is 12.1 Å². The molecule has 0 saturated carbocycles. The quantitative estimate of drug-likeness (QED) is 0.798. The van der Waals surface area contributed by atoms with Crippen molar-refractivity contribution in [1.82, 2.24) is 5.32 Å². The van der Waals surface area contributed by atoms with Crippen molar-refractivity contribution in [1.29, 1.82) is 0 Å². The van der Waals surface area contributed by atoms with E-state index in [1.54, 1.807) is 19.1 Å². The van der Waals surface area contributed by atoms with Gasteiger partial charge in [0.2, 0.25) is 0 Å². The van der Waals surface area contributed by atoms with Gasteiger partial charge in [-0.2, -0.15) is 0 Å². The fraction of sp³-hybridized carbons (Fsp3) is 0.462. The summed E-state index contributed by atoms with van der Waals surface area (Å²) >= 11 is 0. The van der Waals surface area contributed by atoms with Gasteiger partial charge in [0.05, 0.1) is 6.61 Å². The minimum absolute atomic E-state index is 0.0473. The zero-order valence-corrected chi connectivity index (χ0v) is 9.94. The Morgan fingerprint density at radius 2 is 2.47 bits per heavy atom. The van der Waals surface area contributed by atoms with E-state index in [4.69, 9.17) is 9.47 Å². The number of nitrogens with one attached hydrogen (secondary N) is 1. The fourth-order valence-corrected chi connectivity index (χ4v) is 1.72. The summed E-state index contributed by atoms with van der Waals surface area (Å²) in [6.45, 7) is 4.49. The predicted octanol–water partition coefficient (Wildman–Crippen LogP) is 1.26. The largest absolute Gasteiger partial charge is 0.491 e. The molecule has 1 N–H and O–H groups in total. The van der Waals surface area contributed by atoms with Crippen LogP contribution in [0.1, 0.15) is 17.3 Å². The Kier molecular flexibility index (Phi) is 4.12. The number of rotatable bonds is 4. The number of carbonyl (C=O) groups is 1. The zero-order valence-electron chi connectivity index (χ0n) is 9.94. The van der Waals surface area contributed by atoms with Crippen molar-refractivity contribution in [2.24, 2.45) is 0 Å². The summed E-state index contributed by atoms with van der Waals surface area (Å²) in [5.41, 5.74) is 0.671. The van der Waals surface area contributed by atoms with Crippen LogP contribution < -0.4 is 10.1 Å². The van der Waals surface area contributed by atoms with E-state index in [0.29, 0.717) is 17.9 Å². The molecule has 4 nitrogen and oxygen atoms in total. The maximum Gasteiger partial charge on any atom is 0.159 e. The zero-order chi connectivity index (χ0) is 12.1. The summed E-state index contributed by atoms with van der Waals surface area (Å²) in [5, 5.41) is 3.24. The van der Waals surface area contributed by atoms with Crippen molar-refractivity contribution in [3.05, 3.63) is 29.8 Å². The first kappa shape index (κ1) is 12.1. The summed E-state index contributed by atoms with van der Waals surface area (Å²) in [7, 11) is 0. The number of hydrogen-bond donors (Lipinski definition) is 1. The number of ether oxygens (including phenoxy) is 2. The lowest BCUT2D eigenvalue weighted by Crippen LogP contribution is -2.41. The van der Waals surface area contributed by atoms with Crippen LogP contribution in [0.5, 0.6) is 5.75 Å². The van der Waals surface area contributed by atoms with E-state index in [-0.39, 0.29) is 11.9 Å². The molecule has 1 aliphatic heterocycles. The lowest BCUT2D eigenvalue weighted by atomic mass is 10.1. The molecule has 2 rings (SSSR count). The molecule has 17 heavy (non-hydrogen) atoms. The number of benzene rings is 1. The van der Waals surface area contributed by atoms with Crippen molar-refractivity contribution in [3.63, 3.8) is 0 Å². The fourth-order valence-electron chi connectivity index (χ4n) is 1.72. The molecule has 4 heteroatoms. The monoisotopic (exact) mass is 235 g/mol. The van der Waals surface area contributed by atoms with Crippen molar-refractivity contribution in [2.45, 2.75) is 13.0 Å². The highest BCUT2D eigenvalue weighted by molar-refractivity contribution is 5.94. The lowest BCUT2D eigenvalue weighted by Gasteiger charge is -2.23. The molecule has 92 valence electrons. The van der Waals surface area contributed by atoms with E-state index in [2.05, 4.69) is 5.32 Å².